The largest absolute Gasteiger partial charge is 0.310 e. The molecule has 122 valence electrons. The number of amides is 1. The van der Waals surface area contributed by atoms with Gasteiger partial charge in [-0.1, -0.05) is 30.0 Å². The molecule has 24 heavy (non-hydrogen) atoms. The molecule has 1 amide bonds. The number of carbonyl (C=O) groups is 1. The normalized spacial score (nSPS) is 10.6. The summed E-state index contributed by atoms with van der Waals surface area (Å²) in [7, 11) is 0. The predicted octanol–water partition coefficient (Wildman–Crippen LogP) is 3.61. The Labute approximate surface area is 145 Å². The lowest BCUT2D eigenvalue weighted by Crippen LogP contribution is -2.15. The minimum atomic E-state index is -0.0996. The molecule has 1 aromatic carbocycles. The van der Waals surface area contributed by atoms with Crippen molar-refractivity contribution in [1.82, 2.24) is 14.5 Å². The summed E-state index contributed by atoms with van der Waals surface area (Å²) in [5.41, 5.74) is 3.28. The molecule has 0 aliphatic rings. The third kappa shape index (κ3) is 3.83. The first-order valence-electron chi connectivity index (χ1n) is 7.58. The van der Waals surface area contributed by atoms with Crippen LogP contribution in [0.2, 0.25) is 0 Å². The lowest BCUT2D eigenvalue weighted by Gasteiger charge is -2.10. The van der Waals surface area contributed by atoms with Crippen LogP contribution in [0.15, 0.2) is 60.1 Å². The number of imidazole rings is 1. The molecule has 2 aromatic heterocycles. The zero-order valence-electron chi connectivity index (χ0n) is 13.6. The van der Waals surface area contributed by atoms with E-state index in [1.807, 2.05) is 48.0 Å². The second kappa shape index (κ2) is 7.31. The van der Waals surface area contributed by atoms with Crippen molar-refractivity contribution in [1.29, 1.82) is 0 Å². The van der Waals surface area contributed by atoms with Crippen LogP contribution in [0.3, 0.4) is 0 Å². The molecule has 3 aromatic rings. The Morgan fingerprint density at radius 2 is 2.00 bits per heavy atom. The number of nitrogens with zero attached hydrogens (tertiary/aromatic N) is 3. The summed E-state index contributed by atoms with van der Waals surface area (Å²) in [5.74, 6) is 0.749. The molecular formula is C18H18N4OS. The van der Waals surface area contributed by atoms with Gasteiger partial charge in [0.25, 0.3) is 0 Å². The summed E-state index contributed by atoms with van der Waals surface area (Å²) in [5, 5.41) is 3.60. The third-order valence-corrected chi connectivity index (χ3v) is 4.46. The number of hydrogen-bond acceptors (Lipinski definition) is 4. The van der Waals surface area contributed by atoms with Crippen molar-refractivity contribution < 1.29 is 4.79 Å². The standard InChI is InChI=1S/C18H18N4OS/c1-13-7-8-19-16(11-13)21-17(23)12-24-18-20-9-10-22(18)15-6-4-3-5-14(15)2/h3-11H,12H2,1-2H3,(H,19,21,23). The second-order valence-electron chi connectivity index (χ2n) is 5.42. The van der Waals surface area contributed by atoms with Crippen molar-refractivity contribution in [2.24, 2.45) is 0 Å². The number of nitrogens with one attached hydrogen (secondary N) is 1. The highest BCUT2D eigenvalue weighted by Gasteiger charge is 2.11. The molecule has 0 saturated carbocycles. The molecule has 0 aliphatic carbocycles. The Morgan fingerprint density at radius 3 is 2.79 bits per heavy atom. The number of aryl methyl sites for hydroxylation is 2. The highest BCUT2D eigenvalue weighted by molar-refractivity contribution is 7.99. The van der Waals surface area contributed by atoms with E-state index < -0.39 is 0 Å². The third-order valence-electron chi connectivity index (χ3n) is 3.50. The van der Waals surface area contributed by atoms with Gasteiger partial charge in [-0.05, 0) is 43.2 Å². The summed E-state index contributed by atoms with van der Waals surface area (Å²) in [6.07, 6.45) is 5.34. The average molecular weight is 338 g/mol. The summed E-state index contributed by atoms with van der Waals surface area (Å²) in [4.78, 5) is 20.6. The average Bonchev–Trinajstić information content (AvgIpc) is 3.02. The van der Waals surface area contributed by atoms with E-state index in [0.29, 0.717) is 5.82 Å². The van der Waals surface area contributed by atoms with Gasteiger partial charge in [0.2, 0.25) is 5.91 Å². The van der Waals surface area contributed by atoms with E-state index in [4.69, 9.17) is 0 Å². The second-order valence-corrected chi connectivity index (χ2v) is 6.36. The van der Waals surface area contributed by atoms with Crippen molar-refractivity contribution in [2.45, 2.75) is 19.0 Å². The van der Waals surface area contributed by atoms with E-state index in [1.165, 1.54) is 11.8 Å². The summed E-state index contributed by atoms with van der Waals surface area (Å²) < 4.78 is 2.00. The number of thioether (sulfide) groups is 1. The maximum absolute atomic E-state index is 12.1. The molecule has 0 unspecified atom stereocenters. The fraction of sp³-hybridized carbons (Fsp3) is 0.167. The first-order valence-corrected chi connectivity index (χ1v) is 8.57. The zero-order valence-corrected chi connectivity index (χ0v) is 14.4. The van der Waals surface area contributed by atoms with Crippen LogP contribution in [0.5, 0.6) is 0 Å². The minimum absolute atomic E-state index is 0.0996. The maximum atomic E-state index is 12.1. The summed E-state index contributed by atoms with van der Waals surface area (Å²) >= 11 is 1.40. The molecule has 0 saturated heterocycles. The van der Waals surface area contributed by atoms with Crippen molar-refractivity contribution in [3.05, 3.63) is 66.1 Å². The van der Waals surface area contributed by atoms with Gasteiger partial charge in [0.1, 0.15) is 5.82 Å². The Kier molecular flexibility index (Phi) is 4.96. The summed E-state index contributed by atoms with van der Waals surface area (Å²) in [6.45, 7) is 4.02. The van der Waals surface area contributed by atoms with Gasteiger partial charge < -0.3 is 5.32 Å². The van der Waals surface area contributed by atoms with Gasteiger partial charge in [0, 0.05) is 18.6 Å². The molecule has 3 rings (SSSR count). The Hall–Kier alpha value is -2.60. The number of benzene rings is 1. The van der Waals surface area contributed by atoms with Crippen molar-refractivity contribution >= 4 is 23.5 Å². The maximum Gasteiger partial charge on any atom is 0.236 e. The van der Waals surface area contributed by atoms with Gasteiger partial charge in [-0.2, -0.15) is 0 Å². The van der Waals surface area contributed by atoms with E-state index in [2.05, 4.69) is 28.3 Å². The molecule has 0 fully saturated rings. The van der Waals surface area contributed by atoms with Gasteiger partial charge in [-0.25, -0.2) is 9.97 Å². The Morgan fingerprint density at radius 1 is 1.17 bits per heavy atom. The van der Waals surface area contributed by atoms with Gasteiger partial charge in [0.05, 0.1) is 11.4 Å². The number of hydrogen-bond donors (Lipinski definition) is 1. The number of carbonyl (C=O) groups excluding carboxylic acids is 1. The zero-order chi connectivity index (χ0) is 16.9. The Balaban J connectivity index is 1.67. The molecule has 6 heteroatoms. The van der Waals surface area contributed by atoms with Crippen molar-refractivity contribution in [2.75, 3.05) is 11.1 Å². The summed E-state index contributed by atoms with van der Waals surface area (Å²) in [6, 6.07) is 11.8. The van der Waals surface area contributed by atoms with Crippen molar-refractivity contribution in [3.8, 4) is 5.69 Å². The molecule has 2 heterocycles. The van der Waals surface area contributed by atoms with Crippen LogP contribution < -0.4 is 5.32 Å². The molecule has 5 nitrogen and oxygen atoms in total. The molecule has 0 bridgehead atoms. The molecule has 0 spiro atoms. The van der Waals surface area contributed by atoms with E-state index in [-0.39, 0.29) is 11.7 Å². The van der Waals surface area contributed by atoms with Crippen LogP contribution in [0, 0.1) is 13.8 Å². The number of aromatic nitrogens is 3. The Bertz CT molecular complexity index is 859. The molecule has 1 N–H and O–H groups in total. The van der Waals surface area contributed by atoms with Crippen LogP contribution >= 0.6 is 11.8 Å². The smallest absolute Gasteiger partial charge is 0.236 e. The van der Waals surface area contributed by atoms with Gasteiger partial charge in [-0.15, -0.1) is 0 Å². The first kappa shape index (κ1) is 16.3. The predicted molar refractivity (Wildman–Crippen MR) is 96.6 cm³/mol. The van der Waals surface area contributed by atoms with Crippen LogP contribution in [-0.2, 0) is 4.79 Å². The fourth-order valence-corrected chi connectivity index (χ4v) is 3.09. The monoisotopic (exact) mass is 338 g/mol. The fourth-order valence-electron chi connectivity index (χ4n) is 2.33. The topological polar surface area (TPSA) is 59.8 Å². The number of rotatable bonds is 5. The van der Waals surface area contributed by atoms with Gasteiger partial charge in [-0.3, -0.25) is 9.36 Å². The number of para-hydroxylation sites is 1. The molecule has 0 radical (unpaired) electrons. The van der Waals surface area contributed by atoms with Gasteiger partial charge >= 0.3 is 0 Å². The molecular weight excluding hydrogens is 320 g/mol. The number of pyridine rings is 1. The van der Waals surface area contributed by atoms with Crippen LogP contribution in [-0.4, -0.2) is 26.2 Å². The number of anilines is 1. The lowest BCUT2D eigenvalue weighted by atomic mass is 10.2. The quantitative estimate of drug-likeness (QED) is 0.722. The molecule has 0 atom stereocenters. The van der Waals surface area contributed by atoms with E-state index >= 15 is 0 Å². The lowest BCUT2D eigenvalue weighted by molar-refractivity contribution is -0.113. The van der Waals surface area contributed by atoms with Crippen LogP contribution in [0.25, 0.3) is 5.69 Å². The van der Waals surface area contributed by atoms with Crippen molar-refractivity contribution in [3.63, 3.8) is 0 Å². The first-order chi connectivity index (χ1) is 11.6. The minimum Gasteiger partial charge on any atom is -0.310 e. The van der Waals surface area contributed by atoms with E-state index in [1.54, 1.807) is 12.4 Å². The molecule has 0 aliphatic heterocycles. The van der Waals surface area contributed by atoms with Crippen LogP contribution in [0.1, 0.15) is 11.1 Å². The van der Waals surface area contributed by atoms with E-state index in [0.717, 1.165) is 22.0 Å². The highest BCUT2D eigenvalue weighted by Crippen LogP contribution is 2.22. The SMILES string of the molecule is Cc1ccnc(NC(=O)CSc2nccn2-c2ccccc2C)c1. The van der Waals surface area contributed by atoms with E-state index in [9.17, 15) is 4.79 Å². The highest BCUT2D eigenvalue weighted by atomic mass is 32.2. The van der Waals surface area contributed by atoms with Crippen LogP contribution in [0.4, 0.5) is 5.82 Å². The van der Waals surface area contributed by atoms with Gasteiger partial charge in [0.15, 0.2) is 5.16 Å².